The van der Waals surface area contributed by atoms with Crippen LogP contribution in [0.3, 0.4) is 0 Å². The molecule has 3 amide bonds. The summed E-state index contributed by atoms with van der Waals surface area (Å²) in [6.45, 7) is 4.26. The summed E-state index contributed by atoms with van der Waals surface area (Å²) in [5.74, 6) is 0.0162. The molecule has 1 aromatic rings. The second-order valence-corrected chi connectivity index (χ2v) is 6.29. The number of nitrogens with zero attached hydrogens (tertiary/aromatic N) is 3. The molecule has 0 spiro atoms. The van der Waals surface area contributed by atoms with Crippen molar-refractivity contribution in [2.45, 2.75) is 6.92 Å². The Morgan fingerprint density at radius 1 is 1.10 bits per heavy atom. The maximum Gasteiger partial charge on any atom is 0.319 e. The standard InChI is InChI=1S/C15H20BrN3O2/c1-11-4-5-13(16)12(10-11)14(20)18-6-8-19(9-7-18)15(21)17(2)3/h4-5,10H,6-9H2,1-3H3. The van der Waals surface area contributed by atoms with Crippen molar-refractivity contribution < 1.29 is 9.59 Å². The van der Waals surface area contributed by atoms with E-state index in [1.54, 1.807) is 28.8 Å². The van der Waals surface area contributed by atoms with Crippen molar-refractivity contribution in [3.63, 3.8) is 0 Å². The summed E-state index contributed by atoms with van der Waals surface area (Å²) in [5.41, 5.74) is 1.74. The lowest BCUT2D eigenvalue weighted by molar-refractivity contribution is 0.0649. The minimum absolute atomic E-state index is 0.00108. The number of hydrogen-bond acceptors (Lipinski definition) is 2. The Morgan fingerprint density at radius 2 is 1.67 bits per heavy atom. The SMILES string of the molecule is Cc1ccc(Br)c(C(=O)N2CCN(C(=O)N(C)C)CC2)c1. The molecule has 6 heteroatoms. The van der Waals surface area contributed by atoms with E-state index in [1.165, 1.54) is 0 Å². The number of carbonyl (C=O) groups excluding carboxylic acids is 2. The monoisotopic (exact) mass is 353 g/mol. The number of aryl methyl sites for hydroxylation is 1. The number of rotatable bonds is 1. The van der Waals surface area contributed by atoms with Crippen LogP contribution in [-0.4, -0.2) is 66.9 Å². The molecule has 1 aliphatic rings. The zero-order valence-corrected chi connectivity index (χ0v) is 14.2. The van der Waals surface area contributed by atoms with Crippen molar-refractivity contribution >= 4 is 27.9 Å². The summed E-state index contributed by atoms with van der Waals surface area (Å²) < 4.78 is 0.810. The quantitative estimate of drug-likeness (QED) is 0.776. The van der Waals surface area contributed by atoms with Crippen molar-refractivity contribution in [1.82, 2.24) is 14.7 Å². The van der Waals surface area contributed by atoms with E-state index in [4.69, 9.17) is 0 Å². The molecule has 0 unspecified atom stereocenters. The van der Waals surface area contributed by atoms with Crippen molar-refractivity contribution in [2.75, 3.05) is 40.3 Å². The first kappa shape index (κ1) is 15.8. The highest BCUT2D eigenvalue weighted by Gasteiger charge is 2.26. The molecule has 0 radical (unpaired) electrons. The van der Waals surface area contributed by atoms with Crippen molar-refractivity contribution in [1.29, 1.82) is 0 Å². The highest BCUT2D eigenvalue weighted by atomic mass is 79.9. The number of benzene rings is 1. The number of urea groups is 1. The lowest BCUT2D eigenvalue weighted by atomic mass is 10.1. The summed E-state index contributed by atoms with van der Waals surface area (Å²) in [6, 6.07) is 5.76. The second-order valence-electron chi connectivity index (χ2n) is 5.44. The minimum atomic E-state index is -0.00108. The van der Waals surface area contributed by atoms with Crippen LogP contribution in [0.25, 0.3) is 0 Å². The Kier molecular flexibility index (Phi) is 4.88. The van der Waals surface area contributed by atoms with E-state index in [-0.39, 0.29) is 11.9 Å². The summed E-state index contributed by atoms with van der Waals surface area (Å²) in [4.78, 5) is 29.6. The normalized spacial score (nSPS) is 15.0. The van der Waals surface area contributed by atoms with Crippen LogP contribution in [0.4, 0.5) is 4.79 Å². The fraction of sp³-hybridized carbons (Fsp3) is 0.467. The molecule has 114 valence electrons. The molecule has 0 aromatic heterocycles. The van der Waals surface area contributed by atoms with Gasteiger partial charge in [-0.05, 0) is 35.0 Å². The maximum atomic E-state index is 12.6. The zero-order chi connectivity index (χ0) is 15.6. The van der Waals surface area contributed by atoms with E-state index < -0.39 is 0 Å². The predicted octanol–water partition coefficient (Wildman–Crippen LogP) is 2.20. The molecule has 0 bridgehead atoms. The largest absolute Gasteiger partial charge is 0.335 e. The molecular formula is C15H20BrN3O2. The summed E-state index contributed by atoms with van der Waals surface area (Å²) in [5, 5.41) is 0. The van der Waals surface area contributed by atoms with Crippen LogP contribution in [0, 0.1) is 6.92 Å². The Balaban J connectivity index is 2.03. The topological polar surface area (TPSA) is 43.9 Å². The molecule has 0 saturated carbocycles. The van der Waals surface area contributed by atoms with Crippen LogP contribution >= 0.6 is 15.9 Å². The van der Waals surface area contributed by atoms with Gasteiger partial charge in [0, 0.05) is 44.7 Å². The minimum Gasteiger partial charge on any atom is -0.335 e. The number of carbonyl (C=O) groups is 2. The predicted molar refractivity (Wildman–Crippen MR) is 85.4 cm³/mol. The van der Waals surface area contributed by atoms with Gasteiger partial charge >= 0.3 is 6.03 Å². The smallest absolute Gasteiger partial charge is 0.319 e. The van der Waals surface area contributed by atoms with E-state index in [9.17, 15) is 9.59 Å². The summed E-state index contributed by atoms with van der Waals surface area (Å²) in [6.07, 6.45) is 0. The highest BCUT2D eigenvalue weighted by molar-refractivity contribution is 9.10. The highest BCUT2D eigenvalue weighted by Crippen LogP contribution is 2.20. The average molecular weight is 354 g/mol. The van der Waals surface area contributed by atoms with Gasteiger partial charge in [0.15, 0.2) is 0 Å². The molecular weight excluding hydrogens is 334 g/mol. The number of hydrogen-bond donors (Lipinski definition) is 0. The average Bonchev–Trinajstić information content (AvgIpc) is 2.48. The molecule has 1 fully saturated rings. The molecule has 1 aromatic carbocycles. The van der Waals surface area contributed by atoms with E-state index in [1.807, 2.05) is 25.1 Å². The number of amides is 3. The summed E-state index contributed by atoms with van der Waals surface area (Å²) in [7, 11) is 3.48. The Labute approximate surface area is 133 Å². The first-order chi connectivity index (χ1) is 9.90. The molecule has 0 aliphatic carbocycles. The van der Waals surface area contributed by atoms with Crippen LogP contribution in [0.15, 0.2) is 22.7 Å². The van der Waals surface area contributed by atoms with Crippen LogP contribution in [-0.2, 0) is 0 Å². The molecule has 21 heavy (non-hydrogen) atoms. The van der Waals surface area contributed by atoms with Crippen molar-refractivity contribution in [3.8, 4) is 0 Å². The molecule has 1 aliphatic heterocycles. The van der Waals surface area contributed by atoms with Crippen LogP contribution < -0.4 is 0 Å². The lowest BCUT2D eigenvalue weighted by Crippen LogP contribution is -2.52. The van der Waals surface area contributed by atoms with Crippen LogP contribution in [0.1, 0.15) is 15.9 Å². The van der Waals surface area contributed by atoms with E-state index in [0.29, 0.717) is 31.7 Å². The van der Waals surface area contributed by atoms with Gasteiger partial charge in [0.05, 0.1) is 5.56 Å². The zero-order valence-electron chi connectivity index (χ0n) is 12.6. The first-order valence-electron chi connectivity index (χ1n) is 6.92. The Bertz CT molecular complexity index is 552. The molecule has 1 saturated heterocycles. The van der Waals surface area contributed by atoms with E-state index in [0.717, 1.165) is 10.0 Å². The fourth-order valence-corrected chi connectivity index (χ4v) is 2.77. The molecule has 5 nitrogen and oxygen atoms in total. The third-order valence-electron chi connectivity index (χ3n) is 3.57. The van der Waals surface area contributed by atoms with E-state index in [2.05, 4.69) is 15.9 Å². The van der Waals surface area contributed by atoms with Gasteiger partial charge in [-0.25, -0.2) is 4.79 Å². The van der Waals surface area contributed by atoms with Gasteiger partial charge in [-0.15, -0.1) is 0 Å². The lowest BCUT2D eigenvalue weighted by Gasteiger charge is -2.36. The third-order valence-corrected chi connectivity index (χ3v) is 4.26. The van der Waals surface area contributed by atoms with Crippen LogP contribution in [0.2, 0.25) is 0 Å². The van der Waals surface area contributed by atoms with Gasteiger partial charge in [0.1, 0.15) is 0 Å². The third kappa shape index (κ3) is 3.56. The maximum absolute atomic E-state index is 12.6. The number of halogens is 1. The van der Waals surface area contributed by atoms with Gasteiger partial charge in [-0.3, -0.25) is 4.79 Å². The molecule has 0 N–H and O–H groups in total. The summed E-state index contributed by atoms with van der Waals surface area (Å²) >= 11 is 3.43. The molecule has 2 rings (SSSR count). The van der Waals surface area contributed by atoms with Gasteiger partial charge in [0.25, 0.3) is 5.91 Å². The van der Waals surface area contributed by atoms with Gasteiger partial charge < -0.3 is 14.7 Å². The van der Waals surface area contributed by atoms with Gasteiger partial charge in [-0.2, -0.15) is 0 Å². The van der Waals surface area contributed by atoms with Crippen molar-refractivity contribution in [3.05, 3.63) is 33.8 Å². The number of piperazine rings is 1. The van der Waals surface area contributed by atoms with Crippen LogP contribution in [0.5, 0.6) is 0 Å². The second kappa shape index (κ2) is 6.47. The van der Waals surface area contributed by atoms with Gasteiger partial charge in [-0.1, -0.05) is 11.6 Å². The molecule has 0 atom stereocenters. The molecule has 1 heterocycles. The van der Waals surface area contributed by atoms with Gasteiger partial charge in [0.2, 0.25) is 0 Å². The van der Waals surface area contributed by atoms with Crippen molar-refractivity contribution in [2.24, 2.45) is 0 Å². The van der Waals surface area contributed by atoms with E-state index >= 15 is 0 Å². The fourth-order valence-electron chi connectivity index (χ4n) is 2.36. The Hall–Kier alpha value is -1.56. The Morgan fingerprint density at radius 3 is 2.24 bits per heavy atom. The first-order valence-corrected chi connectivity index (χ1v) is 7.71.